The number of thiophene rings is 2. The van der Waals surface area contributed by atoms with Crippen LogP contribution in [-0.2, 0) is 42.1 Å². The van der Waals surface area contributed by atoms with Gasteiger partial charge in [-0.15, -0.1) is 20.4 Å². The van der Waals surface area contributed by atoms with Crippen molar-refractivity contribution in [3.8, 4) is 57.2 Å². The molecule has 0 aliphatic heterocycles. The molecule has 2 N–H and O–H groups in total. The Labute approximate surface area is 525 Å². The van der Waals surface area contributed by atoms with E-state index in [0.717, 1.165) is 41.0 Å². The van der Waals surface area contributed by atoms with Crippen LogP contribution >= 0.6 is 34.3 Å². The summed E-state index contributed by atoms with van der Waals surface area (Å²) in [5.41, 5.74) is 8.40. The van der Waals surface area contributed by atoms with Crippen molar-refractivity contribution in [3.63, 3.8) is 0 Å². The van der Waals surface area contributed by atoms with Gasteiger partial charge in [-0.3, -0.25) is 18.7 Å². The standard InChI is InChI=1S/C28H24N8OS.C24H21ClN8O.C4H5BO2S.2CH3.2W/c1-17(2)35-16-31-33-27(35)22-4-3-5-26(32-22)36-15-30-23-10-20(19-8-9-38-13-19)25(11-21(23)28(36)37)34-12-24(29-14-34)18-6-7-18;1-14(2)32-13-28-30-23(32)18-4-3-5-22(29-18)33-12-27-19-9-17(25)21(8-16(19)24(33)34)31-10-20(26-11-31)15-6-7-15;6-5(7)4-1-2-8-3-4;;;;/h3-5,8-18H,6-7H2,1-2H3;3-5,8-15H,6-7H2,1-2H3;1-3,6-7H;2*1H3;;/q;;;2*-1;;. The van der Waals surface area contributed by atoms with E-state index >= 15 is 0 Å². The molecule has 10 aromatic heterocycles. The topological polar surface area (TPSA) is 233 Å². The molecule has 2 fully saturated rings. The Morgan fingerprint density at radius 2 is 1.08 bits per heavy atom. The summed E-state index contributed by atoms with van der Waals surface area (Å²) in [5.74, 6) is 3.28. The van der Waals surface area contributed by atoms with E-state index < -0.39 is 7.12 Å². The summed E-state index contributed by atoms with van der Waals surface area (Å²) in [6, 6.07) is 22.5. The van der Waals surface area contributed by atoms with Crippen LogP contribution in [-0.4, -0.2) is 94.9 Å². The molecule has 0 spiro atoms. The van der Waals surface area contributed by atoms with Gasteiger partial charge in [0.1, 0.15) is 48.3 Å². The molecule has 2 aliphatic carbocycles. The monoisotopic (exact) mass is 1520 g/mol. The average molecular weight is 1520 g/mol. The van der Waals surface area contributed by atoms with Crippen molar-refractivity contribution in [1.82, 2.24) is 77.7 Å². The zero-order chi connectivity index (χ0) is 55.2. The second-order valence-electron chi connectivity index (χ2n) is 20.0. The molecule has 0 amide bonds. The van der Waals surface area contributed by atoms with Crippen molar-refractivity contribution in [2.45, 2.75) is 77.3 Å². The number of hydrogen-bond acceptors (Lipinski definition) is 16. The molecule has 2 aliphatic rings. The zero-order valence-electron chi connectivity index (χ0n) is 46.4. The molecule has 14 rings (SSSR count). The van der Waals surface area contributed by atoms with Gasteiger partial charge in [0.05, 0.1) is 62.2 Å². The number of halogens is 1. The minimum Gasteiger partial charge on any atom is -0.423 e. The number of imidazole rings is 2. The number of rotatable bonds is 12. The van der Waals surface area contributed by atoms with Gasteiger partial charge in [0.2, 0.25) is 0 Å². The van der Waals surface area contributed by atoms with Gasteiger partial charge < -0.3 is 43.2 Å². The molecule has 0 radical (unpaired) electrons. The number of nitrogens with zero attached hydrogens (tertiary/aromatic N) is 16. The summed E-state index contributed by atoms with van der Waals surface area (Å²) in [5, 5.41) is 42.6. The molecule has 0 bridgehead atoms. The summed E-state index contributed by atoms with van der Waals surface area (Å²) in [6.45, 7) is 8.21. The van der Waals surface area contributed by atoms with E-state index in [0.29, 0.717) is 84.5 Å². The molecule has 84 heavy (non-hydrogen) atoms. The van der Waals surface area contributed by atoms with E-state index in [1.165, 1.54) is 39.6 Å². The van der Waals surface area contributed by atoms with E-state index in [9.17, 15) is 9.59 Å². The summed E-state index contributed by atoms with van der Waals surface area (Å²) in [7, 11) is -1.30. The third-order valence-corrected chi connectivity index (χ3v) is 15.5. The molecule has 0 saturated heterocycles. The Bertz CT molecular complexity index is 4320. The molecule has 2 aromatic carbocycles. The molecule has 2 saturated carbocycles. The third kappa shape index (κ3) is 13.0. The maximum Gasteiger partial charge on any atom is 0.489 e. The van der Waals surface area contributed by atoms with Crippen molar-refractivity contribution in [2.24, 2.45) is 0 Å². The predicted molar refractivity (Wildman–Crippen MR) is 323 cm³/mol. The van der Waals surface area contributed by atoms with Crippen LogP contribution in [0.1, 0.15) is 88.7 Å². The average Bonchev–Trinajstić information content (AvgIpc) is 2.59. The number of fused-ring (bicyclic) bond motifs is 2. The van der Waals surface area contributed by atoms with Gasteiger partial charge in [-0.1, -0.05) is 29.8 Å². The van der Waals surface area contributed by atoms with Crippen molar-refractivity contribution in [2.75, 3.05) is 0 Å². The van der Waals surface area contributed by atoms with Crippen molar-refractivity contribution in [1.29, 1.82) is 0 Å². The van der Waals surface area contributed by atoms with Crippen LogP contribution in [0.25, 0.3) is 79.0 Å². The number of pyridine rings is 2. The first-order chi connectivity index (χ1) is 38.9. The first-order valence-corrected chi connectivity index (χ1v) is 28.1. The quantitative estimate of drug-likeness (QED) is 0.0856. The van der Waals surface area contributed by atoms with Crippen LogP contribution in [0.15, 0.2) is 154 Å². The molecule has 10 heterocycles. The molecule has 20 nitrogen and oxygen atoms in total. The Morgan fingerprint density at radius 3 is 1.54 bits per heavy atom. The Kier molecular flexibility index (Phi) is 20.0. The van der Waals surface area contributed by atoms with Gasteiger partial charge in [-0.2, -0.15) is 22.7 Å². The number of aromatic nitrogens is 16. The Hall–Kier alpha value is -7.23. The van der Waals surface area contributed by atoms with Crippen LogP contribution in [0.3, 0.4) is 0 Å². The SMILES string of the molecule is CC(C)n1cnnc1-c1cccc(-n2cnc3cc(-c4ccsc4)c(-n4cnc(C5CC5)c4)cc3c2=O)n1.CC(C)n1cnnc1-c1cccc(-n2cnc3cc(Cl)c(-n4cnc(C5CC5)c4)cc3c2=O)n1.OB(O)c1ccsc1.[CH3-].[CH3-].[W].[W]. The fraction of sp³-hybridized carbons (Fsp3) is 0.207. The molecule has 0 unspecified atom stereocenters. The second-order valence-corrected chi connectivity index (χ2v) is 22.0. The maximum atomic E-state index is 13.8. The summed E-state index contributed by atoms with van der Waals surface area (Å²) >= 11 is 9.63. The predicted octanol–water partition coefficient (Wildman–Crippen LogP) is 10.1. The smallest absolute Gasteiger partial charge is 0.423 e. The fourth-order valence-electron chi connectivity index (χ4n) is 9.19. The third-order valence-electron chi connectivity index (χ3n) is 13.8. The molecule has 0 atom stereocenters. The van der Waals surface area contributed by atoms with Crippen molar-refractivity contribution < 1.29 is 52.2 Å². The van der Waals surface area contributed by atoms with Gasteiger partial charge in [0, 0.05) is 84.0 Å². The van der Waals surface area contributed by atoms with Crippen LogP contribution in [0.4, 0.5) is 0 Å². The van der Waals surface area contributed by atoms with Gasteiger partial charge in [-0.25, -0.2) is 29.9 Å². The first-order valence-electron chi connectivity index (χ1n) is 25.9. The fourth-order valence-corrected chi connectivity index (χ4v) is 10.8. The van der Waals surface area contributed by atoms with Crippen LogP contribution in [0, 0.1) is 14.9 Å². The van der Waals surface area contributed by atoms with Crippen LogP contribution in [0.5, 0.6) is 0 Å². The van der Waals surface area contributed by atoms with Gasteiger partial charge in [-0.05, 0) is 141 Å². The van der Waals surface area contributed by atoms with E-state index in [2.05, 4.69) is 82.2 Å². The maximum absolute atomic E-state index is 13.8. The van der Waals surface area contributed by atoms with Crippen molar-refractivity contribution in [3.05, 3.63) is 197 Å². The minimum absolute atomic E-state index is 0. The van der Waals surface area contributed by atoms with Gasteiger partial charge in [0.25, 0.3) is 11.1 Å². The first kappa shape index (κ1) is 62.8. The second kappa shape index (κ2) is 26.8. The molecule has 26 heteroatoms. The van der Waals surface area contributed by atoms with Gasteiger partial charge >= 0.3 is 7.12 Å². The minimum atomic E-state index is -1.30. The summed E-state index contributed by atoms with van der Waals surface area (Å²) < 4.78 is 10.7. The van der Waals surface area contributed by atoms with E-state index in [-0.39, 0.29) is 80.2 Å². The van der Waals surface area contributed by atoms with Gasteiger partial charge in [0.15, 0.2) is 11.6 Å². The van der Waals surface area contributed by atoms with Crippen LogP contribution < -0.4 is 16.6 Å². The largest absolute Gasteiger partial charge is 0.489 e. The normalized spacial score (nSPS) is 12.6. The number of benzene rings is 2. The molecular formula is C58H56BClN16O4S2W2-2. The summed E-state index contributed by atoms with van der Waals surface area (Å²) in [4.78, 5) is 55.1. The van der Waals surface area contributed by atoms with Crippen molar-refractivity contribution >= 4 is 68.7 Å². The van der Waals surface area contributed by atoms with E-state index in [1.54, 1.807) is 77.7 Å². The Balaban J connectivity index is 0.000000186. The van der Waals surface area contributed by atoms with E-state index in [4.69, 9.17) is 26.6 Å². The van der Waals surface area contributed by atoms with Crippen LogP contribution in [0.2, 0.25) is 5.02 Å². The number of hydrogen-bond donors (Lipinski definition) is 2. The summed E-state index contributed by atoms with van der Waals surface area (Å²) in [6.07, 6.45) is 18.7. The zero-order valence-corrected chi connectivity index (χ0v) is 54.7. The molecular weight excluding hydrogens is 1460 g/mol. The van der Waals surface area contributed by atoms with E-state index in [1.807, 2.05) is 81.0 Å². The Morgan fingerprint density at radius 1 is 0.595 bits per heavy atom. The molecule has 428 valence electrons. The molecule has 12 aromatic rings.